The van der Waals surface area contributed by atoms with E-state index < -0.39 is 0 Å². The van der Waals surface area contributed by atoms with Gasteiger partial charge in [0.2, 0.25) is 0 Å². The third-order valence-corrected chi connectivity index (χ3v) is 5.84. The summed E-state index contributed by atoms with van der Waals surface area (Å²) in [6.07, 6.45) is 2.42. The van der Waals surface area contributed by atoms with Crippen molar-refractivity contribution in [2.24, 2.45) is 11.8 Å². The van der Waals surface area contributed by atoms with Crippen LogP contribution in [0.5, 0.6) is 11.5 Å². The highest BCUT2D eigenvalue weighted by atomic mass is 16.5. The number of ether oxygens (including phenoxy) is 1. The Kier molecular flexibility index (Phi) is 6.19. The molecule has 0 aromatic heterocycles. The maximum Gasteiger partial charge on any atom is 0.262 e. The first-order valence-electron chi connectivity index (χ1n) is 10.5. The van der Waals surface area contributed by atoms with Crippen molar-refractivity contribution in [1.82, 2.24) is 5.32 Å². The van der Waals surface area contributed by atoms with Gasteiger partial charge in [-0.15, -0.1) is 0 Å². The Bertz CT molecular complexity index is 1040. The number of carbonyl (C=O) groups excluding carboxylic acids is 2. The van der Waals surface area contributed by atoms with E-state index in [1.54, 1.807) is 6.07 Å². The monoisotopic (exact) mass is 419 g/mol. The second-order valence-corrected chi connectivity index (χ2v) is 8.23. The molecule has 7 nitrogen and oxygen atoms in total. The molecule has 0 spiro atoms. The number of amides is 1. The van der Waals surface area contributed by atoms with Crippen LogP contribution in [0, 0.1) is 23.2 Å². The molecule has 160 valence electrons. The van der Waals surface area contributed by atoms with Gasteiger partial charge in [0, 0.05) is 24.6 Å². The molecule has 0 saturated carbocycles. The number of hydrogen-bond donors (Lipinski definition) is 3. The number of anilines is 1. The number of carbonyl (C=O) groups is 2. The second-order valence-electron chi connectivity index (χ2n) is 8.23. The Morgan fingerprint density at radius 2 is 2.10 bits per heavy atom. The number of hydrogen-bond acceptors (Lipinski definition) is 6. The Balaban J connectivity index is 1.39. The van der Waals surface area contributed by atoms with Crippen molar-refractivity contribution in [2.75, 3.05) is 25.0 Å². The van der Waals surface area contributed by atoms with E-state index in [2.05, 4.69) is 16.7 Å². The molecule has 4 rings (SSSR count). The smallest absolute Gasteiger partial charge is 0.262 e. The quantitative estimate of drug-likeness (QED) is 0.621. The molecule has 2 atom stereocenters. The van der Waals surface area contributed by atoms with Gasteiger partial charge in [-0.25, -0.2) is 0 Å². The van der Waals surface area contributed by atoms with Crippen LogP contribution in [0.1, 0.15) is 34.3 Å². The van der Waals surface area contributed by atoms with Crippen molar-refractivity contribution in [3.05, 3.63) is 53.1 Å². The number of nitrogens with zero attached hydrogens (tertiary/aromatic N) is 1. The van der Waals surface area contributed by atoms with Crippen molar-refractivity contribution < 1.29 is 19.4 Å². The minimum Gasteiger partial charge on any atom is -0.508 e. The Hall–Kier alpha value is -3.37. The lowest BCUT2D eigenvalue weighted by Gasteiger charge is -2.25. The molecule has 7 heteroatoms. The average Bonchev–Trinajstić information content (AvgIpc) is 2.78. The number of aromatic hydroxyl groups is 1. The molecule has 1 amide bonds. The van der Waals surface area contributed by atoms with E-state index in [9.17, 15) is 14.7 Å². The van der Waals surface area contributed by atoms with E-state index in [4.69, 9.17) is 10.00 Å². The first-order valence-corrected chi connectivity index (χ1v) is 10.5. The summed E-state index contributed by atoms with van der Waals surface area (Å²) >= 11 is 0. The number of aryl methyl sites for hydroxylation is 2. The number of rotatable bonds is 6. The number of piperidine rings is 1. The van der Waals surface area contributed by atoms with Crippen LogP contribution in [0.15, 0.2) is 36.4 Å². The molecular weight excluding hydrogens is 394 g/mol. The van der Waals surface area contributed by atoms with Crippen LogP contribution >= 0.6 is 0 Å². The van der Waals surface area contributed by atoms with Gasteiger partial charge < -0.3 is 20.5 Å². The standard InChI is InChI=1S/C24H25N3O4/c25-11-17-6-16(12-26-13-17)8-21(28)18-3-1-2-15(7-18)4-5-19-9-23-20(10-22(19)29)27-24(30)14-31-23/h1-3,7,9-10,16-17,26,29H,4-6,8,12-14H2,(H,27,30). The molecule has 2 aliphatic heterocycles. The molecule has 1 fully saturated rings. The maximum absolute atomic E-state index is 12.8. The van der Waals surface area contributed by atoms with Gasteiger partial charge in [-0.3, -0.25) is 9.59 Å². The first kappa shape index (κ1) is 20.9. The zero-order chi connectivity index (χ0) is 21.8. The fraction of sp³-hybridized carbons (Fsp3) is 0.375. The molecule has 0 bridgehead atoms. The molecule has 2 aromatic carbocycles. The van der Waals surface area contributed by atoms with Crippen LogP contribution < -0.4 is 15.4 Å². The van der Waals surface area contributed by atoms with E-state index in [0.717, 1.165) is 24.1 Å². The summed E-state index contributed by atoms with van der Waals surface area (Å²) in [7, 11) is 0. The van der Waals surface area contributed by atoms with E-state index in [0.29, 0.717) is 42.8 Å². The van der Waals surface area contributed by atoms with Crippen LogP contribution in [0.4, 0.5) is 5.69 Å². The van der Waals surface area contributed by atoms with Crippen molar-refractivity contribution in [1.29, 1.82) is 5.26 Å². The van der Waals surface area contributed by atoms with Crippen molar-refractivity contribution in [3.8, 4) is 17.6 Å². The first-order chi connectivity index (χ1) is 15.0. The molecule has 3 N–H and O–H groups in total. The zero-order valence-corrected chi connectivity index (χ0v) is 17.2. The average molecular weight is 419 g/mol. The molecule has 2 heterocycles. The summed E-state index contributed by atoms with van der Waals surface area (Å²) in [5, 5.41) is 25.4. The summed E-state index contributed by atoms with van der Waals surface area (Å²) in [5.41, 5.74) is 2.88. The van der Waals surface area contributed by atoms with E-state index in [-0.39, 0.29) is 35.9 Å². The predicted molar refractivity (Wildman–Crippen MR) is 115 cm³/mol. The molecule has 0 radical (unpaired) electrons. The summed E-state index contributed by atoms with van der Waals surface area (Å²) < 4.78 is 5.43. The highest BCUT2D eigenvalue weighted by Gasteiger charge is 2.24. The van der Waals surface area contributed by atoms with Crippen LogP contribution in [0.3, 0.4) is 0 Å². The number of benzene rings is 2. The second kappa shape index (κ2) is 9.19. The molecule has 2 aliphatic rings. The normalized spacial score (nSPS) is 20.2. The highest BCUT2D eigenvalue weighted by molar-refractivity contribution is 5.96. The molecule has 2 aromatic rings. The maximum atomic E-state index is 12.8. The van der Waals surface area contributed by atoms with Gasteiger partial charge in [-0.1, -0.05) is 18.2 Å². The van der Waals surface area contributed by atoms with Gasteiger partial charge in [0.25, 0.3) is 5.91 Å². The summed E-state index contributed by atoms with van der Waals surface area (Å²) in [4.78, 5) is 24.2. The van der Waals surface area contributed by atoms with E-state index in [1.165, 1.54) is 6.07 Å². The molecule has 2 unspecified atom stereocenters. The van der Waals surface area contributed by atoms with Crippen molar-refractivity contribution in [2.45, 2.75) is 25.7 Å². The largest absolute Gasteiger partial charge is 0.508 e. The van der Waals surface area contributed by atoms with Gasteiger partial charge in [-0.05, 0) is 55.0 Å². The van der Waals surface area contributed by atoms with Crippen LogP contribution in [-0.4, -0.2) is 36.5 Å². The van der Waals surface area contributed by atoms with Crippen LogP contribution in [0.2, 0.25) is 0 Å². The molecule has 0 aliphatic carbocycles. The van der Waals surface area contributed by atoms with Crippen LogP contribution in [-0.2, 0) is 17.6 Å². The number of phenols is 1. The zero-order valence-electron chi connectivity index (χ0n) is 17.2. The number of fused-ring (bicyclic) bond motifs is 1. The highest BCUT2D eigenvalue weighted by Crippen LogP contribution is 2.35. The van der Waals surface area contributed by atoms with Gasteiger partial charge in [0.15, 0.2) is 12.4 Å². The minimum atomic E-state index is -0.242. The number of nitriles is 1. The fourth-order valence-corrected chi connectivity index (χ4v) is 4.20. The van der Waals surface area contributed by atoms with Gasteiger partial charge in [0.1, 0.15) is 11.5 Å². The SMILES string of the molecule is N#CC1CNCC(CC(=O)c2cccc(CCc3cc4c(cc3O)NC(=O)CO4)c2)C1. The number of nitrogens with one attached hydrogen (secondary N) is 2. The third-order valence-electron chi connectivity index (χ3n) is 5.84. The molecule has 31 heavy (non-hydrogen) atoms. The number of Topliss-reactive ketones (excluding diaryl/α,β-unsaturated/α-hetero) is 1. The van der Waals surface area contributed by atoms with Crippen molar-refractivity contribution >= 4 is 17.4 Å². The number of ketones is 1. The van der Waals surface area contributed by atoms with E-state index >= 15 is 0 Å². The lowest BCUT2D eigenvalue weighted by molar-refractivity contribution is -0.118. The summed E-state index contributed by atoms with van der Waals surface area (Å²) in [6, 6.07) is 13.1. The van der Waals surface area contributed by atoms with Crippen molar-refractivity contribution in [3.63, 3.8) is 0 Å². The van der Waals surface area contributed by atoms with Gasteiger partial charge in [-0.2, -0.15) is 5.26 Å². The summed E-state index contributed by atoms with van der Waals surface area (Å²) in [5.74, 6) is 0.657. The van der Waals surface area contributed by atoms with Crippen LogP contribution in [0.25, 0.3) is 0 Å². The summed E-state index contributed by atoms with van der Waals surface area (Å²) in [6.45, 7) is 1.43. The van der Waals surface area contributed by atoms with E-state index in [1.807, 2.05) is 24.3 Å². The predicted octanol–water partition coefficient (Wildman–Crippen LogP) is 2.83. The lowest BCUT2D eigenvalue weighted by Crippen LogP contribution is -2.36. The number of phenolic OH excluding ortho intramolecular Hbond substituents is 1. The Morgan fingerprint density at radius 1 is 1.23 bits per heavy atom. The Labute approximate surface area is 181 Å². The fourth-order valence-electron chi connectivity index (χ4n) is 4.20. The minimum absolute atomic E-state index is 0.0283. The molecule has 1 saturated heterocycles. The molecular formula is C24H25N3O4. The Morgan fingerprint density at radius 3 is 2.94 bits per heavy atom. The topological polar surface area (TPSA) is 111 Å². The van der Waals surface area contributed by atoms with Gasteiger partial charge in [0.05, 0.1) is 17.7 Å². The van der Waals surface area contributed by atoms with Gasteiger partial charge >= 0.3 is 0 Å². The lowest BCUT2D eigenvalue weighted by atomic mass is 9.86. The third kappa shape index (κ3) is 5.04.